The molecule has 0 radical (unpaired) electrons. The highest BCUT2D eigenvalue weighted by atomic mass is 35.5. The van der Waals surface area contributed by atoms with Crippen LogP contribution in [-0.4, -0.2) is 28.7 Å². The Balaban J connectivity index is 1.49. The lowest BCUT2D eigenvalue weighted by molar-refractivity contribution is -0.135. The lowest BCUT2D eigenvalue weighted by Gasteiger charge is -2.20. The van der Waals surface area contributed by atoms with E-state index in [2.05, 4.69) is 10.4 Å². The van der Waals surface area contributed by atoms with Crippen molar-refractivity contribution in [3.05, 3.63) is 107 Å². The summed E-state index contributed by atoms with van der Waals surface area (Å²) in [6, 6.07) is 24.6. The van der Waals surface area contributed by atoms with Gasteiger partial charge >= 0.3 is 5.97 Å². The normalized spacial score (nSPS) is 14.6. The predicted molar refractivity (Wildman–Crippen MR) is 144 cm³/mol. The summed E-state index contributed by atoms with van der Waals surface area (Å²) in [6.07, 6.45) is -0.908. The van der Waals surface area contributed by atoms with E-state index >= 15 is 0 Å². The molecule has 4 aromatic rings. The first kappa shape index (κ1) is 25.0. The molecule has 0 spiro atoms. The summed E-state index contributed by atoms with van der Waals surface area (Å²) in [5, 5.41) is 10.6. The molecule has 190 valence electrons. The first-order valence-electron chi connectivity index (χ1n) is 11.7. The van der Waals surface area contributed by atoms with E-state index in [9.17, 15) is 14.4 Å². The summed E-state index contributed by atoms with van der Waals surface area (Å²) in [5.74, 6) is -0.789. The van der Waals surface area contributed by atoms with E-state index in [4.69, 9.17) is 21.1 Å². The van der Waals surface area contributed by atoms with Crippen molar-refractivity contribution in [2.45, 2.75) is 20.1 Å². The number of rotatable bonds is 5. The number of hydrogen-bond donors (Lipinski definition) is 1. The fourth-order valence-corrected chi connectivity index (χ4v) is 4.39. The van der Waals surface area contributed by atoms with Crippen LogP contribution in [0.15, 0.2) is 90.0 Å². The summed E-state index contributed by atoms with van der Waals surface area (Å²) in [6.45, 7) is 2.69. The molecule has 0 saturated carbocycles. The Bertz CT molecular complexity index is 1620. The number of nitrogens with one attached hydrogen (secondary N) is 1. The van der Waals surface area contributed by atoms with Gasteiger partial charge in [0, 0.05) is 35.7 Å². The second-order valence-electron chi connectivity index (χ2n) is 8.58. The molecular formula is C29H22ClN3O5. The fraction of sp³-hybridized carbons (Fsp3) is 0.103. The monoisotopic (exact) mass is 527 g/mol. The number of hydrogen-bond acceptors (Lipinski definition) is 6. The number of benzene rings is 4. The number of amides is 2. The van der Waals surface area contributed by atoms with Gasteiger partial charge in [-0.25, -0.2) is 0 Å². The summed E-state index contributed by atoms with van der Waals surface area (Å²) < 4.78 is 11.7. The topological polar surface area (TPSA) is 97.3 Å². The maximum Gasteiger partial charge on any atom is 0.308 e. The number of halogens is 1. The van der Waals surface area contributed by atoms with Gasteiger partial charge < -0.3 is 14.8 Å². The molecule has 8 nitrogen and oxygen atoms in total. The molecule has 9 heteroatoms. The highest BCUT2D eigenvalue weighted by Crippen LogP contribution is 2.37. The number of carbonyl (C=O) groups is 3. The summed E-state index contributed by atoms with van der Waals surface area (Å²) in [5.41, 5.74) is 1.94. The quantitative estimate of drug-likeness (QED) is 0.257. The second kappa shape index (κ2) is 10.4. The molecule has 38 heavy (non-hydrogen) atoms. The minimum absolute atomic E-state index is 0.131. The van der Waals surface area contributed by atoms with E-state index in [1.807, 2.05) is 30.3 Å². The number of carbonyl (C=O) groups excluding carboxylic acids is 3. The Labute approximate surface area is 223 Å². The van der Waals surface area contributed by atoms with Crippen molar-refractivity contribution in [1.82, 2.24) is 5.01 Å². The van der Waals surface area contributed by atoms with Gasteiger partial charge in [0.15, 0.2) is 0 Å². The molecule has 0 fully saturated rings. The summed E-state index contributed by atoms with van der Waals surface area (Å²) in [7, 11) is 0. The number of esters is 1. The number of ether oxygens (including phenoxy) is 2. The zero-order valence-corrected chi connectivity index (χ0v) is 21.2. The first-order chi connectivity index (χ1) is 18.3. The molecule has 1 atom stereocenters. The van der Waals surface area contributed by atoms with Crippen LogP contribution in [0, 0.1) is 0 Å². The molecule has 4 aromatic carbocycles. The molecule has 5 rings (SSSR count). The van der Waals surface area contributed by atoms with Gasteiger partial charge in [-0.2, -0.15) is 5.01 Å². The third-order valence-electron chi connectivity index (χ3n) is 5.84. The number of hydrazone groups is 1. The summed E-state index contributed by atoms with van der Waals surface area (Å²) >= 11 is 6.01. The average molecular weight is 528 g/mol. The van der Waals surface area contributed by atoms with Crippen molar-refractivity contribution in [2.75, 3.05) is 5.32 Å². The highest BCUT2D eigenvalue weighted by Gasteiger charge is 2.35. The zero-order chi connectivity index (χ0) is 26.8. The van der Waals surface area contributed by atoms with Gasteiger partial charge in [-0.05, 0) is 47.2 Å². The van der Waals surface area contributed by atoms with Crippen LogP contribution in [0.4, 0.5) is 5.69 Å². The van der Waals surface area contributed by atoms with Crippen LogP contribution in [0.5, 0.6) is 5.75 Å². The van der Waals surface area contributed by atoms with Crippen molar-refractivity contribution in [1.29, 1.82) is 0 Å². The second-order valence-corrected chi connectivity index (χ2v) is 9.02. The van der Waals surface area contributed by atoms with Gasteiger partial charge in [0.25, 0.3) is 5.91 Å². The molecule has 0 aliphatic carbocycles. The van der Waals surface area contributed by atoms with Crippen LogP contribution in [0.25, 0.3) is 10.8 Å². The van der Waals surface area contributed by atoms with Crippen LogP contribution < -0.4 is 10.1 Å². The first-order valence-corrected chi connectivity index (χ1v) is 12.1. The van der Waals surface area contributed by atoms with Crippen LogP contribution in [0.2, 0.25) is 5.02 Å². The average Bonchev–Trinajstić information content (AvgIpc) is 3.34. The van der Waals surface area contributed by atoms with E-state index in [1.54, 1.807) is 54.6 Å². The fourth-order valence-electron chi connectivity index (χ4n) is 4.20. The van der Waals surface area contributed by atoms with Gasteiger partial charge in [-0.1, -0.05) is 60.1 Å². The molecule has 0 bridgehead atoms. The van der Waals surface area contributed by atoms with Gasteiger partial charge in [-0.3, -0.25) is 14.4 Å². The maximum atomic E-state index is 12.7. The van der Waals surface area contributed by atoms with Crippen LogP contribution in [0.3, 0.4) is 0 Å². The smallest absolute Gasteiger partial charge is 0.308 e. The Hall–Kier alpha value is -4.69. The standard InChI is InChI=1S/C29H22ClN3O5/c1-17(34)33-29(21-9-6-11-23(16-21)31-27(36)20-8-5-10-22(30)15-20)38-28(32-33)26-24-12-4-3-7-19(24)13-14-25(26)37-18(2)35/h3-16,29H,1-2H3,(H,31,36)/t29-/m1/s1. The summed E-state index contributed by atoms with van der Waals surface area (Å²) in [4.78, 5) is 37.1. The van der Waals surface area contributed by atoms with E-state index < -0.39 is 12.2 Å². The van der Waals surface area contributed by atoms with Crippen molar-refractivity contribution in [3.8, 4) is 5.75 Å². The van der Waals surface area contributed by atoms with E-state index in [1.165, 1.54) is 18.9 Å². The molecule has 1 N–H and O–H groups in total. The SMILES string of the molecule is CC(=O)Oc1ccc2ccccc2c1C1=NN(C(C)=O)[C@@H](c2cccc(NC(=O)c3cccc(Cl)c3)c2)O1. The Kier molecular flexibility index (Phi) is 6.81. The molecule has 0 saturated heterocycles. The number of nitrogens with zero attached hydrogens (tertiary/aromatic N) is 2. The maximum absolute atomic E-state index is 12.7. The van der Waals surface area contributed by atoms with Crippen LogP contribution >= 0.6 is 11.6 Å². The Morgan fingerprint density at radius 3 is 2.50 bits per heavy atom. The minimum atomic E-state index is -0.908. The van der Waals surface area contributed by atoms with Crippen molar-refractivity contribution >= 4 is 51.7 Å². The molecule has 1 aliphatic heterocycles. The van der Waals surface area contributed by atoms with Crippen molar-refractivity contribution in [3.63, 3.8) is 0 Å². The van der Waals surface area contributed by atoms with E-state index in [0.29, 0.717) is 27.4 Å². The lowest BCUT2D eigenvalue weighted by atomic mass is 10.0. The molecule has 1 heterocycles. The number of fused-ring (bicyclic) bond motifs is 1. The van der Waals surface area contributed by atoms with Crippen LogP contribution in [-0.2, 0) is 14.3 Å². The van der Waals surface area contributed by atoms with E-state index in [-0.39, 0.29) is 23.5 Å². The van der Waals surface area contributed by atoms with Gasteiger partial charge in [-0.15, -0.1) is 5.10 Å². The van der Waals surface area contributed by atoms with Crippen molar-refractivity contribution in [2.24, 2.45) is 5.10 Å². The third-order valence-corrected chi connectivity index (χ3v) is 6.08. The molecule has 1 aliphatic rings. The minimum Gasteiger partial charge on any atom is -0.446 e. The molecule has 2 amide bonds. The molecule has 0 aromatic heterocycles. The predicted octanol–water partition coefficient (Wildman–Crippen LogP) is 5.91. The van der Waals surface area contributed by atoms with Gasteiger partial charge in [0.1, 0.15) is 5.75 Å². The highest BCUT2D eigenvalue weighted by molar-refractivity contribution is 6.31. The molecular weight excluding hydrogens is 506 g/mol. The number of anilines is 1. The largest absolute Gasteiger partial charge is 0.446 e. The molecule has 0 unspecified atom stereocenters. The van der Waals surface area contributed by atoms with Gasteiger partial charge in [0.05, 0.1) is 5.56 Å². The zero-order valence-electron chi connectivity index (χ0n) is 20.5. The Morgan fingerprint density at radius 2 is 1.74 bits per heavy atom. The van der Waals surface area contributed by atoms with Crippen LogP contribution in [0.1, 0.15) is 41.6 Å². The van der Waals surface area contributed by atoms with Gasteiger partial charge in [0.2, 0.25) is 18.0 Å². The lowest BCUT2D eigenvalue weighted by Crippen LogP contribution is -2.25. The van der Waals surface area contributed by atoms with Crippen molar-refractivity contribution < 1.29 is 23.9 Å². The van der Waals surface area contributed by atoms with E-state index in [0.717, 1.165) is 10.8 Å². The third kappa shape index (κ3) is 5.07. The Morgan fingerprint density at radius 1 is 0.947 bits per heavy atom.